The average molecular weight is 407 g/mol. The highest BCUT2D eigenvalue weighted by atomic mass is 32.2. The summed E-state index contributed by atoms with van der Waals surface area (Å²) in [5.74, 6) is 0. The highest BCUT2D eigenvalue weighted by Crippen LogP contribution is 2.20. The number of benzene rings is 2. The highest BCUT2D eigenvalue weighted by molar-refractivity contribution is 7.91. The highest BCUT2D eigenvalue weighted by Gasteiger charge is 2.19. The molecule has 1 heterocycles. The number of hydrogen-bond acceptors (Lipinski definition) is 4. The van der Waals surface area contributed by atoms with Gasteiger partial charge in [0.25, 0.3) is 0 Å². The fraction of sp³-hybridized carbons (Fsp3) is 0.263. The zero-order valence-corrected chi connectivity index (χ0v) is 16.8. The number of sulfone groups is 1. The van der Waals surface area contributed by atoms with Crippen molar-refractivity contribution >= 4 is 30.8 Å². The van der Waals surface area contributed by atoms with Crippen molar-refractivity contribution in [2.45, 2.75) is 29.7 Å². The van der Waals surface area contributed by atoms with Crippen molar-refractivity contribution in [3.63, 3.8) is 0 Å². The van der Waals surface area contributed by atoms with E-state index in [0.29, 0.717) is 18.5 Å². The zero-order chi connectivity index (χ0) is 19.7. The molecular formula is C19H22N2O4S2. The second kappa shape index (κ2) is 7.46. The summed E-state index contributed by atoms with van der Waals surface area (Å²) >= 11 is 0. The van der Waals surface area contributed by atoms with Gasteiger partial charge in [0.1, 0.15) is 0 Å². The lowest BCUT2D eigenvalue weighted by molar-refractivity contribution is 0.571. The van der Waals surface area contributed by atoms with Gasteiger partial charge in [-0.3, -0.25) is 0 Å². The topological polar surface area (TPSA) is 85.2 Å². The molecule has 0 fully saturated rings. The van der Waals surface area contributed by atoms with Crippen molar-refractivity contribution in [1.29, 1.82) is 0 Å². The van der Waals surface area contributed by atoms with Crippen molar-refractivity contribution < 1.29 is 16.8 Å². The molecule has 2 aromatic carbocycles. The summed E-state index contributed by atoms with van der Waals surface area (Å²) in [6.45, 7) is 2.59. The van der Waals surface area contributed by atoms with Crippen LogP contribution in [0.2, 0.25) is 0 Å². The summed E-state index contributed by atoms with van der Waals surface area (Å²) in [6, 6.07) is 14.2. The van der Waals surface area contributed by atoms with Gasteiger partial charge in [0, 0.05) is 31.1 Å². The van der Waals surface area contributed by atoms with Crippen LogP contribution in [-0.2, 0) is 26.4 Å². The van der Waals surface area contributed by atoms with Crippen LogP contribution in [0.25, 0.3) is 10.9 Å². The van der Waals surface area contributed by atoms with Gasteiger partial charge in [-0.05, 0) is 48.6 Å². The maximum Gasteiger partial charge on any atom is 0.240 e. The number of hydrogen-bond donors (Lipinski definition) is 1. The Hall–Kier alpha value is -2.16. The predicted octanol–water partition coefficient (Wildman–Crippen LogP) is 2.72. The summed E-state index contributed by atoms with van der Waals surface area (Å²) in [6.07, 6.45) is 3.66. The van der Waals surface area contributed by atoms with Crippen LogP contribution in [0.3, 0.4) is 0 Å². The summed E-state index contributed by atoms with van der Waals surface area (Å²) in [5, 5.41) is 1.14. The molecule has 0 atom stereocenters. The lowest BCUT2D eigenvalue weighted by Crippen LogP contribution is -2.26. The molecule has 1 aromatic heterocycles. The van der Waals surface area contributed by atoms with Gasteiger partial charge >= 0.3 is 0 Å². The van der Waals surface area contributed by atoms with Crippen molar-refractivity contribution in [1.82, 2.24) is 9.29 Å². The minimum Gasteiger partial charge on any atom is -0.347 e. The molecule has 144 valence electrons. The third-order valence-corrected chi connectivity index (χ3v) is 7.14. The van der Waals surface area contributed by atoms with E-state index in [2.05, 4.69) is 9.29 Å². The number of nitrogens with one attached hydrogen (secondary N) is 1. The Balaban J connectivity index is 1.69. The fourth-order valence-electron chi connectivity index (χ4n) is 2.97. The zero-order valence-electron chi connectivity index (χ0n) is 15.2. The molecule has 0 saturated carbocycles. The Morgan fingerprint density at radius 2 is 1.74 bits per heavy atom. The average Bonchev–Trinajstić information content (AvgIpc) is 3.01. The molecule has 0 aliphatic rings. The number of sulfonamides is 1. The normalized spacial score (nSPS) is 12.5. The quantitative estimate of drug-likeness (QED) is 0.612. The molecule has 3 aromatic rings. The SMILES string of the molecule is Cc1ccc(S(C)(=O)=O)cc1S(=O)(=O)NCCCn1ccc2ccccc21. The largest absolute Gasteiger partial charge is 0.347 e. The maximum atomic E-state index is 12.6. The summed E-state index contributed by atoms with van der Waals surface area (Å²) in [5.41, 5.74) is 1.61. The van der Waals surface area contributed by atoms with E-state index in [1.807, 2.05) is 36.5 Å². The van der Waals surface area contributed by atoms with Crippen LogP contribution in [-0.4, -0.2) is 34.2 Å². The van der Waals surface area contributed by atoms with Gasteiger partial charge in [0.15, 0.2) is 9.84 Å². The molecule has 0 aliphatic carbocycles. The van der Waals surface area contributed by atoms with E-state index < -0.39 is 19.9 Å². The first kappa shape index (κ1) is 19.6. The maximum absolute atomic E-state index is 12.6. The molecule has 3 rings (SSSR count). The second-order valence-corrected chi connectivity index (χ2v) is 10.3. The molecule has 0 saturated heterocycles. The Bertz CT molecular complexity index is 1180. The number of para-hydroxylation sites is 1. The van der Waals surface area contributed by atoms with Crippen LogP contribution < -0.4 is 4.72 Å². The lowest BCUT2D eigenvalue weighted by Gasteiger charge is -2.11. The molecule has 8 heteroatoms. The molecule has 27 heavy (non-hydrogen) atoms. The van der Waals surface area contributed by atoms with Gasteiger partial charge in [-0.15, -0.1) is 0 Å². The number of aryl methyl sites for hydroxylation is 2. The number of rotatable bonds is 7. The number of aromatic nitrogens is 1. The Morgan fingerprint density at radius 1 is 1.00 bits per heavy atom. The van der Waals surface area contributed by atoms with E-state index in [4.69, 9.17) is 0 Å². The number of nitrogens with zero attached hydrogens (tertiary/aromatic N) is 1. The minimum absolute atomic E-state index is 0.00293. The van der Waals surface area contributed by atoms with Crippen LogP contribution in [0, 0.1) is 6.92 Å². The van der Waals surface area contributed by atoms with Crippen LogP contribution in [0.4, 0.5) is 0 Å². The Kier molecular flexibility index (Phi) is 5.41. The van der Waals surface area contributed by atoms with E-state index in [0.717, 1.165) is 17.2 Å². The van der Waals surface area contributed by atoms with E-state index in [1.165, 1.54) is 18.2 Å². The Labute approximate surface area is 159 Å². The monoisotopic (exact) mass is 406 g/mol. The van der Waals surface area contributed by atoms with Gasteiger partial charge in [-0.2, -0.15) is 0 Å². The summed E-state index contributed by atoms with van der Waals surface area (Å²) < 4.78 is 53.2. The van der Waals surface area contributed by atoms with Gasteiger partial charge < -0.3 is 4.57 Å². The summed E-state index contributed by atoms with van der Waals surface area (Å²) in [4.78, 5) is -0.0101. The van der Waals surface area contributed by atoms with Crippen LogP contribution >= 0.6 is 0 Å². The van der Waals surface area contributed by atoms with E-state index in [-0.39, 0.29) is 16.3 Å². The standard InChI is InChI=1S/C19H22N2O4S2/c1-15-8-9-17(26(2,22)23)14-19(15)27(24,25)20-11-5-12-21-13-10-16-6-3-4-7-18(16)21/h3-4,6-10,13-14,20H,5,11-12H2,1-2H3. The first-order valence-corrected chi connectivity index (χ1v) is 11.9. The molecular weight excluding hydrogens is 384 g/mol. The first-order valence-electron chi connectivity index (χ1n) is 8.53. The lowest BCUT2D eigenvalue weighted by atomic mass is 10.2. The molecule has 0 amide bonds. The molecule has 0 unspecified atom stereocenters. The fourth-order valence-corrected chi connectivity index (χ4v) is 5.03. The van der Waals surface area contributed by atoms with E-state index in [1.54, 1.807) is 6.92 Å². The number of fused-ring (bicyclic) bond motifs is 1. The predicted molar refractivity (Wildman–Crippen MR) is 106 cm³/mol. The summed E-state index contributed by atoms with van der Waals surface area (Å²) in [7, 11) is -7.25. The van der Waals surface area contributed by atoms with E-state index >= 15 is 0 Å². The molecule has 1 N–H and O–H groups in total. The van der Waals surface area contributed by atoms with Crippen molar-refractivity contribution in [3.05, 3.63) is 60.3 Å². The first-order chi connectivity index (χ1) is 12.7. The molecule has 0 bridgehead atoms. The third-order valence-electron chi connectivity index (χ3n) is 4.43. The smallest absolute Gasteiger partial charge is 0.240 e. The molecule has 0 radical (unpaired) electrons. The minimum atomic E-state index is -3.78. The van der Waals surface area contributed by atoms with E-state index in [9.17, 15) is 16.8 Å². The van der Waals surface area contributed by atoms with Gasteiger partial charge in [0.05, 0.1) is 9.79 Å². The third kappa shape index (κ3) is 4.40. The molecule has 0 spiro atoms. The van der Waals surface area contributed by atoms with Crippen molar-refractivity contribution in [2.24, 2.45) is 0 Å². The van der Waals surface area contributed by atoms with Crippen LogP contribution in [0.15, 0.2) is 64.5 Å². The van der Waals surface area contributed by atoms with Crippen molar-refractivity contribution in [2.75, 3.05) is 12.8 Å². The molecule has 0 aliphatic heterocycles. The van der Waals surface area contributed by atoms with Gasteiger partial charge in [0.2, 0.25) is 10.0 Å². The van der Waals surface area contributed by atoms with Crippen LogP contribution in [0.1, 0.15) is 12.0 Å². The van der Waals surface area contributed by atoms with Gasteiger partial charge in [-0.1, -0.05) is 24.3 Å². The molecule has 6 nitrogen and oxygen atoms in total. The Morgan fingerprint density at radius 3 is 2.48 bits per heavy atom. The van der Waals surface area contributed by atoms with Gasteiger partial charge in [-0.25, -0.2) is 21.6 Å². The second-order valence-electron chi connectivity index (χ2n) is 6.52. The van der Waals surface area contributed by atoms with Crippen LogP contribution in [0.5, 0.6) is 0 Å². The van der Waals surface area contributed by atoms with Crippen molar-refractivity contribution in [3.8, 4) is 0 Å².